The Labute approximate surface area is 123 Å². The average Bonchev–Trinajstić information content (AvgIpc) is 2.50. The van der Waals surface area contributed by atoms with E-state index >= 15 is 0 Å². The largest absolute Gasteiger partial charge is 0.378 e. The van der Waals surface area contributed by atoms with Gasteiger partial charge in [-0.15, -0.1) is 0 Å². The van der Waals surface area contributed by atoms with Crippen molar-refractivity contribution in [2.24, 2.45) is 0 Å². The maximum atomic E-state index is 14.4. The zero-order chi connectivity index (χ0) is 14.8. The van der Waals surface area contributed by atoms with E-state index < -0.39 is 0 Å². The fraction of sp³-hybridized carbons (Fsp3) is 0.533. The number of halogens is 1. The molecule has 0 N–H and O–H groups in total. The molecular formula is C15H19FN2O3. The number of carbonyl (C=O) groups is 1. The van der Waals surface area contributed by atoms with Crippen LogP contribution in [-0.2, 0) is 14.3 Å². The molecule has 0 bridgehead atoms. The quantitative estimate of drug-likeness (QED) is 0.827. The minimum absolute atomic E-state index is 0.0373. The monoisotopic (exact) mass is 294 g/mol. The van der Waals surface area contributed by atoms with Gasteiger partial charge in [-0.25, -0.2) is 4.39 Å². The summed E-state index contributed by atoms with van der Waals surface area (Å²) < 4.78 is 24.9. The molecule has 2 aliphatic heterocycles. The molecule has 114 valence electrons. The predicted molar refractivity (Wildman–Crippen MR) is 77.2 cm³/mol. The number of nitrogens with zero attached hydrogens (tertiary/aromatic N) is 2. The number of carbonyl (C=O) groups excluding carboxylic acids is 1. The second-order valence-corrected chi connectivity index (χ2v) is 5.36. The molecule has 0 aromatic heterocycles. The van der Waals surface area contributed by atoms with Gasteiger partial charge in [0.1, 0.15) is 12.4 Å². The fourth-order valence-corrected chi connectivity index (χ4v) is 2.68. The third kappa shape index (κ3) is 3.01. The minimum Gasteiger partial charge on any atom is -0.378 e. The highest BCUT2D eigenvalue weighted by molar-refractivity contribution is 5.95. The van der Waals surface area contributed by atoms with Gasteiger partial charge in [-0.05, 0) is 25.1 Å². The average molecular weight is 294 g/mol. The van der Waals surface area contributed by atoms with Crippen LogP contribution in [0, 0.1) is 5.82 Å². The van der Waals surface area contributed by atoms with Crippen LogP contribution in [-0.4, -0.2) is 51.5 Å². The molecule has 1 aromatic carbocycles. The van der Waals surface area contributed by atoms with Gasteiger partial charge in [-0.3, -0.25) is 4.79 Å². The van der Waals surface area contributed by atoms with Crippen LogP contribution in [0.15, 0.2) is 18.2 Å². The van der Waals surface area contributed by atoms with Crippen LogP contribution in [0.2, 0.25) is 0 Å². The standard InChI is InChI=1S/C15H19FN2O3/c1-11-9-18(15(19)10-21-11)12-2-3-14(13(16)8-12)17-4-6-20-7-5-17/h2-3,8,11H,4-7,9-10H2,1H3/t11-/m0/s1. The van der Waals surface area contributed by atoms with Crippen molar-refractivity contribution in [3.05, 3.63) is 24.0 Å². The Bertz CT molecular complexity index is 532. The van der Waals surface area contributed by atoms with Crippen molar-refractivity contribution in [3.63, 3.8) is 0 Å². The first-order chi connectivity index (χ1) is 10.1. The van der Waals surface area contributed by atoms with Gasteiger partial charge in [0, 0.05) is 18.8 Å². The number of anilines is 2. The molecule has 6 heteroatoms. The summed E-state index contributed by atoms with van der Waals surface area (Å²) in [6, 6.07) is 4.97. The van der Waals surface area contributed by atoms with E-state index in [0.717, 1.165) is 0 Å². The first-order valence-corrected chi connectivity index (χ1v) is 7.19. The third-order valence-electron chi connectivity index (χ3n) is 3.83. The van der Waals surface area contributed by atoms with E-state index in [2.05, 4.69) is 0 Å². The normalized spacial score (nSPS) is 23.5. The molecule has 5 nitrogen and oxygen atoms in total. The molecule has 1 amide bonds. The van der Waals surface area contributed by atoms with Crippen molar-refractivity contribution in [1.82, 2.24) is 0 Å². The van der Waals surface area contributed by atoms with Gasteiger partial charge in [0.2, 0.25) is 0 Å². The Kier molecular flexibility index (Phi) is 4.07. The molecule has 2 saturated heterocycles. The Morgan fingerprint density at radius 1 is 1.29 bits per heavy atom. The second-order valence-electron chi connectivity index (χ2n) is 5.36. The zero-order valence-electron chi connectivity index (χ0n) is 12.0. The van der Waals surface area contributed by atoms with Crippen LogP contribution < -0.4 is 9.80 Å². The van der Waals surface area contributed by atoms with Crippen LogP contribution in [0.25, 0.3) is 0 Å². The molecule has 1 atom stereocenters. The van der Waals surface area contributed by atoms with Crippen LogP contribution in [0.4, 0.5) is 15.8 Å². The maximum absolute atomic E-state index is 14.4. The molecule has 2 heterocycles. The highest BCUT2D eigenvalue weighted by atomic mass is 19.1. The van der Waals surface area contributed by atoms with Gasteiger partial charge in [0.15, 0.2) is 0 Å². The smallest absolute Gasteiger partial charge is 0.253 e. The van der Waals surface area contributed by atoms with Gasteiger partial charge in [0.05, 0.1) is 31.5 Å². The number of benzene rings is 1. The molecule has 1 aromatic rings. The lowest BCUT2D eigenvalue weighted by molar-refractivity contribution is -0.128. The fourth-order valence-electron chi connectivity index (χ4n) is 2.68. The lowest BCUT2D eigenvalue weighted by Gasteiger charge is -2.32. The molecule has 0 aliphatic carbocycles. The van der Waals surface area contributed by atoms with Crippen molar-refractivity contribution in [3.8, 4) is 0 Å². The topological polar surface area (TPSA) is 42.0 Å². The van der Waals surface area contributed by atoms with Crippen LogP contribution in [0.3, 0.4) is 0 Å². The Morgan fingerprint density at radius 3 is 2.76 bits per heavy atom. The molecule has 2 aliphatic rings. The number of morpholine rings is 2. The van der Waals surface area contributed by atoms with E-state index in [4.69, 9.17) is 9.47 Å². The van der Waals surface area contributed by atoms with Gasteiger partial charge in [-0.2, -0.15) is 0 Å². The number of hydrogen-bond donors (Lipinski definition) is 0. The summed E-state index contributed by atoms with van der Waals surface area (Å²) in [6.07, 6.45) is -0.0373. The Hall–Kier alpha value is -1.66. The van der Waals surface area contributed by atoms with Gasteiger partial charge in [0.25, 0.3) is 5.91 Å². The van der Waals surface area contributed by atoms with E-state index in [9.17, 15) is 9.18 Å². The van der Waals surface area contributed by atoms with E-state index in [0.29, 0.717) is 44.2 Å². The van der Waals surface area contributed by atoms with Crippen molar-refractivity contribution in [2.75, 3.05) is 49.3 Å². The number of ether oxygens (including phenoxy) is 2. The molecule has 0 unspecified atom stereocenters. The van der Waals surface area contributed by atoms with E-state index in [-0.39, 0.29) is 24.4 Å². The van der Waals surface area contributed by atoms with Crippen LogP contribution in [0.1, 0.15) is 6.92 Å². The third-order valence-corrected chi connectivity index (χ3v) is 3.83. The summed E-state index contributed by atoms with van der Waals surface area (Å²) in [7, 11) is 0. The molecule has 0 saturated carbocycles. The number of amides is 1. The summed E-state index contributed by atoms with van der Waals surface area (Å²) in [5, 5.41) is 0. The molecule has 0 spiro atoms. The summed E-state index contributed by atoms with van der Waals surface area (Å²) >= 11 is 0. The van der Waals surface area contributed by atoms with Crippen molar-refractivity contribution in [2.45, 2.75) is 13.0 Å². The number of hydrogen-bond acceptors (Lipinski definition) is 4. The van der Waals surface area contributed by atoms with Crippen molar-refractivity contribution in [1.29, 1.82) is 0 Å². The maximum Gasteiger partial charge on any atom is 0.253 e. The van der Waals surface area contributed by atoms with Crippen molar-refractivity contribution < 1.29 is 18.7 Å². The van der Waals surface area contributed by atoms with Crippen molar-refractivity contribution >= 4 is 17.3 Å². The Morgan fingerprint density at radius 2 is 2.05 bits per heavy atom. The summed E-state index contributed by atoms with van der Waals surface area (Å²) in [5.74, 6) is -0.437. The van der Waals surface area contributed by atoms with Gasteiger partial charge >= 0.3 is 0 Å². The minimum atomic E-state index is -0.304. The highest BCUT2D eigenvalue weighted by Gasteiger charge is 2.26. The molecular weight excluding hydrogens is 275 g/mol. The first-order valence-electron chi connectivity index (χ1n) is 7.19. The molecule has 21 heavy (non-hydrogen) atoms. The Balaban J connectivity index is 1.81. The van der Waals surface area contributed by atoms with E-state index in [1.165, 1.54) is 6.07 Å². The lowest BCUT2D eigenvalue weighted by atomic mass is 10.2. The van der Waals surface area contributed by atoms with Gasteiger partial charge < -0.3 is 19.3 Å². The zero-order valence-corrected chi connectivity index (χ0v) is 12.0. The molecule has 0 radical (unpaired) electrons. The molecule has 3 rings (SSSR count). The SMILES string of the molecule is C[C@H]1CN(c2ccc(N3CCOCC3)c(F)c2)C(=O)CO1. The van der Waals surface area contributed by atoms with Gasteiger partial charge in [-0.1, -0.05) is 0 Å². The second kappa shape index (κ2) is 5.99. The van der Waals surface area contributed by atoms with E-state index in [1.54, 1.807) is 17.0 Å². The molecule has 2 fully saturated rings. The summed E-state index contributed by atoms with van der Waals surface area (Å²) in [5.41, 5.74) is 1.15. The van der Waals surface area contributed by atoms with Crippen LogP contribution in [0.5, 0.6) is 0 Å². The lowest BCUT2D eigenvalue weighted by Crippen LogP contribution is -2.45. The van der Waals surface area contributed by atoms with Crippen LogP contribution >= 0.6 is 0 Å². The number of rotatable bonds is 2. The first kappa shape index (κ1) is 14.3. The highest BCUT2D eigenvalue weighted by Crippen LogP contribution is 2.27. The van der Waals surface area contributed by atoms with E-state index in [1.807, 2.05) is 11.8 Å². The summed E-state index contributed by atoms with van der Waals surface area (Å²) in [6.45, 7) is 5.00. The predicted octanol–water partition coefficient (Wildman–Crippen LogP) is 1.41. The summed E-state index contributed by atoms with van der Waals surface area (Å²) in [4.78, 5) is 15.4.